The summed E-state index contributed by atoms with van der Waals surface area (Å²) in [6, 6.07) is 8.25. The molecule has 1 aliphatic heterocycles. The van der Waals surface area contributed by atoms with Crippen LogP contribution in [-0.2, 0) is 4.79 Å². The molecule has 0 bridgehead atoms. The Labute approximate surface area is 118 Å². The number of carbonyl (C=O) groups is 1. The number of aromatic nitrogens is 1. The summed E-state index contributed by atoms with van der Waals surface area (Å²) in [4.78, 5) is 17.9. The number of oxazole rings is 1. The van der Waals surface area contributed by atoms with E-state index in [0.29, 0.717) is 18.4 Å². The van der Waals surface area contributed by atoms with E-state index in [-0.39, 0.29) is 5.91 Å². The molecule has 1 amide bonds. The highest BCUT2D eigenvalue weighted by Gasteiger charge is 2.21. The van der Waals surface area contributed by atoms with E-state index in [1.165, 1.54) is 0 Å². The first-order valence-corrected chi connectivity index (χ1v) is 7.09. The van der Waals surface area contributed by atoms with Crippen LogP contribution >= 0.6 is 0 Å². The zero-order valence-corrected chi connectivity index (χ0v) is 11.6. The largest absolute Gasteiger partial charge is 0.424 e. The van der Waals surface area contributed by atoms with Gasteiger partial charge in [0.15, 0.2) is 5.58 Å². The maximum atomic E-state index is 11.6. The summed E-state index contributed by atoms with van der Waals surface area (Å²) < 4.78 is 5.61. The number of likely N-dealkylation sites (tertiary alicyclic amines) is 1. The fourth-order valence-corrected chi connectivity index (χ4v) is 2.55. The maximum absolute atomic E-state index is 11.6. The molecule has 20 heavy (non-hydrogen) atoms. The van der Waals surface area contributed by atoms with Crippen molar-refractivity contribution in [1.29, 1.82) is 0 Å². The van der Waals surface area contributed by atoms with Gasteiger partial charge in [-0.25, -0.2) is 0 Å². The van der Waals surface area contributed by atoms with Gasteiger partial charge in [-0.05, 0) is 24.5 Å². The minimum atomic E-state index is 0.277. The van der Waals surface area contributed by atoms with Gasteiger partial charge in [-0.1, -0.05) is 19.1 Å². The average Bonchev–Trinajstić information content (AvgIpc) is 3.03. The first kappa shape index (κ1) is 13.0. The first-order valence-electron chi connectivity index (χ1n) is 7.09. The molecule has 0 saturated carbocycles. The Balaban J connectivity index is 1.54. The van der Waals surface area contributed by atoms with Crippen molar-refractivity contribution in [2.24, 2.45) is 5.92 Å². The molecule has 1 aromatic heterocycles. The average molecular weight is 273 g/mol. The predicted molar refractivity (Wildman–Crippen MR) is 77.5 cm³/mol. The number of anilines is 1. The Kier molecular flexibility index (Phi) is 3.58. The lowest BCUT2D eigenvalue weighted by atomic mass is 10.1. The molecule has 1 N–H and O–H groups in total. The molecule has 0 radical (unpaired) electrons. The summed E-state index contributed by atoms with van der Waals surface area (Å²) in [7, 11) is 0. The van der Waals surface area contributed by atoms with E-state index >= 15 is 0 Å². The molecule has 0 spiro atoms. The van der Waals surface area contributed by atoms with Gasteiger partial charge in [0.05, 0.1) is 0 Å². The normalized spacial score (nSPS) is 16.9. The Hall–Kier alpha value is -2.04. The van der Waals surface area contributed by atoms with Crippen LogP contribution in [0.4, 0.5) is 6.01 Å². The van der Waals surface area contributed by atoms with Crippen molar-refractivity contribution in [2.75, 3.05) is 25.0 Å². The fraction of sp³-hybridized carbons (Fsp3) is 0.467. The summed E-state index contributed by atoms with van der Waals surface area (Å²) in [6.45, 7) is 4.57. The summed E-state index contributed by atoms with van der Waals surface area (Å²) in [6.07, 6.45) is 1.69. The van der Waals surface area contributed by atoms with Gasteiger partial charge in [-0.3, -0.25) is 4.79 Å². The van der Waals surface area contributed by atoms with E-state index in [4.69, 9.17) is 4.42 Å². The van der Waals surface area contributed by atoms with Gasteiger partial charge in [0.25, 0.3) is 6.01 Å². The number of para-hydroxylation sites is 2. The zero-order valence-electron chi connectivity index (χ0n) is 11.6. The molecular formula is C15H19N3O2. The number of carbonyl (C=O) groups excluding carboxylic acids is 1. The van der Waals surface area contributed by atoms with Crippen molar-refractivity contribution in [3.05, 3.63) is 24.3 Å². The molecule has 5 nitrogen and oxygen atoms in total. The Morgan fingerprint density at radius 3 is 3.05 bits per heavy atom. The second kappa shape index (κ2) is 5.53. The predicted octanol–water partition coefficient (Wildman–Crippen LogP) is 2.50. The van der Waals surface area contributed by atoms with Crippen LogP contribution in [0.5, 0.6) is 0 Å². The molecule has 1 aliphatic rings. The summed E-state index contributed by atoms with van der Waals surface area (Å²) in [5.41, 5.74) is 1.65. The third-order valence-electron chi connectivity index (χ3n) is 3.60. The maximum Gasteiger partial charge on any atom is 0.295 e. The van der Waals surface area contributed by atoms with Crippen molar-refractivity contribution < 1.29 is 9.21 Å². The highest BCUT2D eigenvalue weighted by molar-refractivity contribution is 5.78. The lowest BCUT2D eigenvalue weighted by molar-refractivity contribution is -0.128. The number of hydrogen-bond donors (Lipinski definition) is 1. The van der Waals surface area contributed by atoms with Gasteiger partial charge in [0, 0.05) is 26.1 Å². The Morgan fingerprint density at radius 1 is 1.45 bits per heavy atom. The topological polar surface area (TPSA) is 58.4 Å². The molecule has 1 saturated heterocycles. The highest BCUT2D eigenvalue weighted by atomic mass is 16.4. The van der Waals surface area contributed by atoms with Gasteiger partial charge < -0.3 is 14.6 Å². The minimum absolute atomic E-state index is 0.277. The molecule has 1 atom stereocenters. The monoisotopic (exact) mass is 273 g/mol. The molecule has 0 aliphatic carbocycles. The highest BCUT2D eigenvalue weighted by Crippen LogP contribution is 2.18. The number of benzene rings is 1. The zero-order chi connectivity index (χ0) is 13.9. The lowest BCUT2D eigenvalue weighted by Crippen LogP contribution is -2.32. The third-order valence-corrected chi connectivity index (χ3v) is 3.60. The quantitative estimate of drug-likeness (QED) is 0.909. The van der Waals surface area contributed by atoms with Gasteiger partial charge in [-0.2, -0.15) is 4.98 Å². The van der Waals surface area contributed by atoms with Crippen molar-refractivity contribution in [1.82, 2.24) is 9.88 Å². The number of nitrogens with zero attached hydrogens (tertiary/aromatic N) is 2. The van der Waals surface area contributed by atoms with Crippen LogP contribution in [0.2, 0.25) is 0 Å². The first-order chi connectivity index (χ1) is 9.72. The number of nitrogens with one attached hydrogen (secondary N) is 1. The van der Waals surface area contributed by atoms with Gasteiger partial charge in [-0.15, -0.1) is 0 Å². The molecule has 2 aromatic rings. The molecule has 3 rings (SSSR count). The van der Waals surface area contributed by atoms with Crippen LogP contribution in [0.3, 0.4) is 0 Å². The van der Waals surface area contributed by atoms with E-state index in [1.807, 2.05) is 29.2 Å². The van der Waals surface area contributed by atoms with E-state index in [9.17, 15) is 4.79 Å². The summed E-state index contributed by atoms with van der Waals surface area (Å²) in [5, 5.41) is 3.21. The Bertz CT molecular complexity index is 575. The number of fused-ring (bicyclic) bond motifs is 1. The van der Waals surface area contributed by atoms with Gasteiger partial charge in [0.1, 0.15) is 5.52 Å². The molecule has 1 fully saturated rings. The smallest absolute Gasteiger partial charge is 0.295 e. The van der Waals surface area contributed by atoms with E-state index in [2.05, 4.69) is 17.2 Å². The molecule has 1 aromatic carbocycles. The standard InChI is InChI=1S/C15H19N3O2/c1-11(10-18-8-4-7-14(18)19)9-16-15-17-12-5-2-3-6-13(12)20-15/h2-3,5-6,11H,4,7-10H2,1H3,(H,16,17)/t11-/m1/s1. The van der Waals surface area contributed by atoms with Crippen LogP contribution in [0, 0.1) is 5.92 Å². The van der Waals surface area contributed by atoms with Crippen molar-refractivity contribution in [3.63, 3.8) is 0 Å². The molecule has 106 valence electrons. The van der Waals surface area contributed by atoms with Crippen LogP contribution in [-0.4, -0.2) is 35.4 Å². The van der Waals surface area contributed by atoms with Crippen LogP contribution in [0.25, 0.3) is 11.1 Å². The van der Waals surface area contributed by atoms with Crippen molar-refractivity contribution >= 4 is 23.0 Å². The lowest BCUT2D eigenvalue weighted by Gasteiger charge is -2.20. The summed E-state index contributed by atoms with van der Waals surface area (Å²) in [5.74, 6) is 0.644. The van der Waals surface area contributed by atoms with E-state index < -0.39 is 0 Å². The molecule has 0 unspecified atom stereocenters. The van der Waals surface area contributed by atoms with Gasteiger partial charge in [0.2, 0.25) is 5.91 Å². The minimum Gasteiger partial charge on any atom is -0.424 e. The van der Waals surface area contributed by atoms with Crippen molar-refractivity contribution in [2.45, 2.75) is 19.8 Å². The fourth-order valence-electron chi connectivity index (χ4n) is 2.55. The molecule has 5 heteroatoms. The third kappa shape index (κ3) is 2.76. The molecular weight excluding hydrogens is 254 g/mol. The Morgan fingerprint density at radius 2 is 2.30 bits per heavy atom. The van der Waals surface area contributed by atoms with Gasteiger partial charge >= 0.3 is 0 Å². The van der Waals surface area contributed by atoms with Crippen molar-refractivity contribution in [3.8, 4) is 0 Å². The van der Waals surface area contributed by atoms with Crippen LogP contribution < -0.4 is 5.32 Å². The molecule has 2 heterocycles. The second-order valence-electron chi connectivity index (χ2n) is 5.42. The number of amides is 1. The van der Waals surface area contributed by atoms with E-state index in [1.54, 1.807) is 0 Å². The number of rotatable bonds is 5. The second-order valence-corrected chi connectivity index (χ2v) is 5.42. The number of hydrogen-bond acceptors (Lipinski definition) is 4. The van der Waals surface area contributed by atoms with Crippen LogP contribution in [0.1, 0.15) is 19.8 Å². The SMILES string of the molecule is C[C@H](CNc1nc2ccccc2o1)CN1CCCC1=O. The summed E-state index contributed by atoms with van der Waals surface area (Å²) >= 11 is 0. The van der Waals surface area contributed by atoms with E-state index in [0.717, 1.165) is 37.2 Å². The van der Waals surface area contributed by atoms with Crippen LogP contribution in [0.15, 0.2) is 28.7 Å².